The lowest BCUT2D eigenvalue weighted by atomic mass is 10.1. The molecule has 0 atom stereocenters. The zero-order chi connectivity index (χ0) is 20.1. The minimum Gasteiger partial charge on any atom is -0.321 e. The Morgan fingerprint density at radius 3 is 2.32 bits per heavy atom. The van der Waals surface area contributed by atoms with Crippen LogP contribution in [-0.4, -0.2) is 21.7 Å². The Balaban J connectivity index is 1.82. The summed E-state index contributed by atoms with van der Waals surface area (Å²) in [6, 6.07) is 15.0. The van der Waals surface area contributed by atoms with Gasteiger partial charge in [0.2, 0.25) is 0 Å². The lowest BCUT2D eigenvalue weighted by Gasteiger charge is -2.12. The Morgan fingerprint density at radius 2 is 1.64 bits per heavy atom. The molecular weight excluding hydrogens is 384 g/mol. The molecule has 0 spiro atoms. The number of nitrogens with one attached hydrogen (secondary N) is 2. The van der Waals surface area contributed by atoms with Gasteiger partial charge < -0.3 is 10.6 Å². The van der Waals surface area contributed by atoms with E-state index in [9.17, 15) is 19.7 Å². The van der Waals surface area contributed by atoms with Crippen LogP contribution in [0.15, 0.2) is 66.9 Å². The molecule has 8 nitrogen and oxygen atoms in total. The SMILES string of the molecule is O=C(Nc1ccccc1C(=O)Nc1ccccn1)c1ccc([N+](=O)[O-])cc1Cl. The normalized spacial score (nSPS) is 10.2. The first kappa shape index (κ1) is 19.0. The number of nitro benzene ring substituents is 1. The lowest BCUT2D eigenvalue weighted by molar-refractivity contribution is -0.384. The molecule has 1 heterocycles. The number of aromatic nitrogens is 1. The third-order valence-corrected chi connectivity index (χ3v) is 4.05. The molecule has 9 heteroatoms. The number of nitro groups is 1. The molecule has 0 aliphatic rings. The highest BCUT2D eigenvalue weighted by molar-refractivity contribution is 6.34. The molecule has 0 fully saturated rings. The van der Waals surface area contributed by atoms with Crippen molar-refractivity contribution in [2.24, 2.45) is 0 Å². The van der Waals surface area contributed by atoms with Crippen molar-refractivity contribution >= 4 is 40.6 Å². The predicted octanol–water partition coefficient (Wildman–Crippen LogP) is 4.15. The van der Waals surface area contributed by atoms with Gasteiger partial charge in [-0.25, -0.2) is 4.98 Å². The number of non-ortho nitro benzene ring substituents is 1. The van der Waals surface area contributed by atoms with Gasteiger partial charge in [0.05, 0.1) is 26.8 Å². The molecule has 1 aromatic heterocycles. The number of hydrogen-bond donors (Lipinski definition) is 2. The van der Waals surface area contributed by atoms with Crippen molar-refractivity contribution in [2.45, 2.75) is 0 Å². The molecule has 0 bridgehead atoms. The van der Waals surface area contributed by atoms with Crippen LogP contribution in [0.25, 0.3) is 0 Å². The average Bonchev–Trinajstić information content (AvgIpc) is 2.68. The number of nitrogens with zero attached hydrogens (tertiary/aromatic N) is 2. The molecule has 0 saturated heterocycles. The second kappa shape index (κ2) is 8.28. The van der Waals surface area contributed by atoms with Gasteiger partial charge in [-0.1, -0.05) is 29.8 Å². The van der Waals surface area contributed by atoms with E-state index in [-0.39, 0.29) is 27.5 Å². The van der Waals surface area contributed by atoms with Crippen LogP contribution < -0.4 is 10.6 Å². The van der Waals surface area contributed by atoms with Crippen molar-refractivity contribution in [2.75, 3.05) is 10.6 Å². The maximum absolute atomic E-state index is 12.5. The first-order chi connectivity index (χ1) is 13.5. The largest absolute Gasteiger partial charge is 0.321 e. The summed E-state index contributed by atoms with van der Waals surface area (Å²) < 4.78 is 0. The van der Waals surface area contributed by atoms with E-state index in [0.717, 1.165) is 6.07 Å². The van der Waals surface area contributed by atoms with Crippen LogP contribution in [0.4, 0.5) is 17.2 Å². The van der Waals surface area contributed by atoms with Crippen LogP contribution in [0.5, 0.6) is 0 Å². The maximum atomic E-state index is 12.5. The molecule has 2 aromatic carbocycles. The smallest absolute Gasteiger partial charge is 0.270 e. The summed E-state index contributed by atoms with van der Waals surface area (Å²) in [5.41, 5.74) is 0.304. The average molecular weight is 397 g/mol. The van der Waals surface area contributed by atoms with Crippen molar-refractivity contribution in [3.05, 3.63) is 93.1 Å². The maximum Gasteiger partial charge on any atom is 0.270 e. The monoisotopic (exact) mass is 396 g/mol. The molecule has 0 unspecified atom stereocenters. The molecule has 2 amide bonds. The van der Waals surface area contributed by atoms with E-state index in [0.29, 0.717) is 5.82 Å². The van der Waals surface area contributed by atoms with E-state index in [2.05, 4.69) is 15.6 Å². The van der Waals surface area contributed by atoms with Crippen molar-refractivity contribution in [3.63, 3.8) is 0 Å². The topological polar surface area (TPSA) is 114 Å². The fourth-order valence-corrected chi connectivity index (χ4v) is 2.66. The zero-order valence-corrected chi connectivity index (χ0v) is 15.0. The molecule has 0 aliphatic carbocycles. The standard InChI is InChI=1S/C19H13ClN4O4/c20-15-11-12(24(27)28)8-9-13(15)18(25)22-16-6-2-1-5-14(16)19(26)23-17-7-3-4-10-21-17/h1-11H,(H,22,25)(H,21,23,26). The number of carbonyl (C=O) groups excluding carboxylic acids is 2. The summed E-state index contributed by atoms with van der Waals surface area (Å²) in [5.74, 6) is -0.686. The number of hydrogen-bond acceptors (Lipinski definition) is 5. The Kier molecular flexibility index (Phi) is 5.61. The number of pyridine rings is 1. The summed E-state index contributed by atoms with van der Waals surface area (Å²) in [6.07, 6.45) is 1.54. The summed E-state index contributed by atoms with van der Waals surface area (Å²) in [4.78, 5) is 39.3. The summed E-state index contributed by atoms with van der Waals surface area (Å²) >= 11 is 5.99. The summed E-state index contributed by atoms with van der Waals surface area (Å²) in [5, 5.41) is 16.0. The van der Waals surface area contributed by atoms with Gasteiger partial charge >= 0.3 is 0 Å². The minimum absolute atomic E-state index is 0.0483. The van der Waals surface area contributed by atoms with Crippen LogP contribution in [-0.2, 0) is 0 Å². The van der Waals surface area contributed by atoms with Crippen LogP contribution in [0.3, 0.4) is 0 Å². The van der Waals surface area contributed by atoms with Gasteiger partial charge in [0.15, 0.2) is 0 Å². The van der Waals surface area contributed by atoms with Gasteiger partial charge in [0, 0.05) is 18.3 Å². The number of rotatable bonds is 5. The van der Waals surface area contributed by atoms with Crippen molar-refractivity contribution in [1.29, 1.82) is 0 Å². The van der Waals surface area contributed by atoms with Crippen LogP contribution in [0.2, 0.25) is 5.02 Å². The number of carbonyl (C=O) groups is 2. The van der Waals surface area contributed by atoms with Crippen LogP contribution in [0, 0.1) is 10.1 Å². The molecule has 0 aliphatic heterocycles. The lowest BCUT2D eigenvalue weighted by Crippen LogP contribution is -2.18. The first-order valence-corrected chi connectivity index (χ1v) is 8.40. The minimum atomic E-state index is -0.606. The summed E-state index contributed by atoms with van der Waals surface area (Å²) in [7, 11) is 0. The van der Waals surface area contributed by atoms with E-state index >= 15 is 0 Å². The van der Waals surface area contributed by atoms with Crippen LogP contribution >= 0.6 is 11.6 Å². The zero-order valence-electron chi connectivity index (χ0n) is 14.3. The second-order valence-corrected chi connectivity index (χ2v) is 6.00. The highest BCUT2D eigenvalue weighted by Gasteiger charge is 2.18. The van der Waals surface area contributed by atoms with E-state index in [4.69, 9.17) is 11.6 Å². The number of benzene rings is 2. The van der Waals surface area contributed by atoms with E-state index in [1.807, 2.05) is 0 Å². The fraction of sp³-hybridized carbons (Fsp3) is 0. The number of amides is 2. The molecule has 140 valence electrons. The Morgan fingerprint density at radius 1 is 0.929 bits per heavy atom. The van der Waals surface area contributed by atoms with Crippen molar-refractivity contribution in [1.82, 2.24) is 4.98 Å². The summed E-state index contributed by atoms with van der Waals surface area (Å²) in [6.45, 7) is 0. The Labute approximate surface area is 164 Å². The van der Waals surface area contributed by atoms with E-state index in [1.54, 1.807) is 48.7 Å². The molecular formula is C19H13ClN4O4. The highest BCUT2D eigenvalue weighted by Crippen LogP contribution is 2.24. The quantitative estimate of drug-likeness (QED) is 0.496. The third-order valence-electron chi connectivity index (χ3n) is 3.73. The van der Waals surface area contributed by atoms with Crippen molar-refractivity contribution < 1.29 is 14.5 Å². The van der Waals surface area contributed by atoms with E-state index in [1.165, 1.54) is 12.1 Å². The fourth-order valence-electron chi connectivity index (χ4n) is 2.40. The van der Waals surface area contributed by atoms with Gasteiger partial charge in [-0.15, -0.1) is 0 Å². The molecule has 3 aromatic rings. The number of para-hydroxylation sites is 1. The highest BCUT2D eigenvalue weighted by atomic mass is 35.5. The van der Waals surface area contributed by atoms with Gasteiger partial charge in [0.25, 0.3) is 17.5 Å². The first-order valence-electron chi connectivity index (χ1n) is 8.02. The molecule has 0 saturated carbocycles. The van der Waals surface area contributed by atoms with E-state index < -0.39 is 16.7 Å². The van der Waals surface area contributed by atoms with Gasteiger partial charge in [0.1, 0.15) is 5.82 Å². The van der Waals surface area contributed by atoms with Crippen molar-refractivity contribution in [3.8, 4) is 0 Å². The molecule has 28 heavy (non-hydrogen) atoms. The van der Waals surface area contributed by atoms with Gasteiger partial charge in [-0.2, -0.15) is 0 Å². The molecule has 3 rings (SSSR count). The third kappa shape index (κ3) is 4.30. The Bertz CT molecular complexity index is 1060. The van der Waals surface area contributed by atoms with Gasteiger partial charge in [-0.3, -0.25) is 19.7 Å². The number of anilines is 2. The Hall–Kier alpha value is -3.78. The molecule has 2 N–H and O–H groups in total. The van der Waals surface area contributed by atoms with Gasteiger partial charge in [-0.05, 0) is 30.3 Å². The molecule has 0 radical (unpaired) electrons. The predicted molar refractivity (Wildman–Crippen MR) is 105 cm³/mol. The number of halogens is 1. The van der Waals surface area contributed by atoms with Crippen LogP contribution in [0.1, 0.15) is 20.7 Å². The second-order valence-electron chi connectivity index (χ2n) is 5.59.